The molecule has 0 saturated heterocycles. The summed E-state index contributed by atoms with van der Waals surface area (Å²) in [5.74, 6) is -0.940. The van der Waals surface area contributed by atoms with Crippen molar-refractivity contribution in [3.63, 3.8) is 0 Å². The van der Waals surface area contributed by atoms with Crippen LogP contribution in [-0.2, 0) is 6.54 Å². The molecule has 0 fully saturated rings. The van der Waals surface area contributed by atoms with Gasteiger partial charge in [-0.15, -0.1) is 0 Å². The first-order valence-electron chi connectivity index (χ1n) is 6.03. The maximum atomic E-state index is 13.5. The topological polar surface area (TPSA) is 42.0 Å². The van der Waals surface area contributed by atoms with Crippen LogP contribution in [0.5, 0.6) is 0 Å². The molecule has 0 atom stereocenters. The van der Waals surface area contributed by atoms with Crippen LogP contribution in [0.15, 0.2) is 36.4 Å². The number of carbonyl (C=O) groups is 1. The Labute approximate surface area is 111 Å². The largest absolute Gasteiger partial charge is 0.346 e. The number of carbonyl (C=O) groups excluding carboxylic acids is 1. The molecule has 0 aliphatic carbocycles. The maximum Gasteiger partial charge on any atom is 0.254 e. The third kappa shape index (κ3) is 3.37. The summed E-state index contributed by atoms with van der Waals surface area (Å²) in [6, 6.07) is 10.0. The first-order chi connectivity index (χ1) is 9.06. The van der Waals surface area contributed by atoms with Gasteiger partial charge in [0.1, 0.15) is 5.82 Å². The highest BCUT2D eigenvalue weighted by Crippen LogP contribution is 2.10. The summed E-state index contributed by atoms with van der Waals surface area (Å²) in [5.41, 5.74) is 2.54. The van der Waals surface area contributed by atoms with Crippen LogP contribution < -0.4 is 5.32 Å². The molecule has 0 radical (unpaired) electrons. The summed E-state index contributed by atoms with van der Waals surface area (Å²) in [6.45, 7) is 3.98. The molecule has 1 aromatic heterocycles. The number of amides is 1. The molecule has 1 heterocycles. The SMILES string of the molecule is Cc1ccc(F)c(C(=O)NCc2cccc(C)n2)c1. The summed E-state index contributed by atoms with van der Waals surface area (Å²) in [4.78, 5) is 16.2. The predicted molar refractivity (Wildman–Crippen MR) is 71.3 cm³/mol. The van der Waals surface area contributed by atoms with Gasteiger partial charge in [0.25, 0.3) is 5.91 Å². The second-order valence-electron chi connectivity index (χ2n) is 4.44. The van der Waals surface area contributed by atoms with Gasteiger partial charge in [0, 0.05) is 5.69 Å². The number of benzene rings is 1. The molecule has 0 unspecified atom stereocenters. The van der Waals surface area contributed by atoms with Crippen LogP contribution in [0.1, 0.15) is 27.3 Å². The molecule has 3 nitrogen and oxygen atoms in total. The van der Waals surface area contributed by atoms with E-state index in [4.69, 9.17) is 0 Å². The number of halogens is 1. The van der Waals surface area contributed by atoms with Crippen LogP contribution in [0.2, 0.25) is 0 Å². The molecule has 0 aliphatic rings. The van der Waals surface area contributed by atoms with Gasteiger partial charge < -0.3 is 5.32 Å². The zero-order chi connectivity index (χ0) is 13.8. The molecule has 2 rings (SSSR count). The van der Waals surface area contributed by atoms with Crippen molar-refractivity contribution in [2.24, 2.45) is 0 Å². The van der Waals surface area contributed by atoms with Crippen LogP contribution in [0.3, 0.4) is 0 Å². The molecule has 19 heavy (non-hydrogen) atoms. The van der Waals surface area contributed by atoms with Crippen molar-refractivity contribution >= 4 is 5.91 Å². The van der Waals surface area contributed by atoms with E-state index in [1.54, 1.807) is 6.07 Å². The third-order valence-electron chi connectivity index (χ3n) is 2.74. The van der Waals surface area contributed by atoms with Gasteiger partial charge in [-0.05, 0) is 38.1 Å². The van der Waals surface area contributed by atoms with Gasteiger partial charge in [0.2, 0.25) is 0 Å². The number of hydrogen-bond donors (Lipinski definition) is 1. The highest BCUT2D eigenvalue weighted by molar-refractivity contribution is 5.94. The Kier molecular flexibility index (Phi) is 3.90. The summed E-state index contributed by atoms with van der Waals surface area (Å²) in [6.07, 6.45) is 0. The van der Waals surface area contributed by atoms with E-state index in [0.717, 1.165) is 17.0 Å². The monoisotopic (exact) mass is 258 g/mol. The van der Waals surface area contributed by atoms with Crippen molar-refractivity contribution in [1.82, 2.24) is 10.3 Å². The molecular weight excluding hydrogens is 243 g/mol. The molecule has 0 bridgehead atoms. The lowest BCUT2D eigenvalue weighted by atomic mass is 10.1. The van der Waals surface area contributed by atoms with Gasteiger partial charge in [0.15, 0.2) is 0 Å². The number of aryl methyl sites for hydroxylation is 2. The smallest absolute Gasteiger partial charge is 0.254 e. The Bertz CT molecular complexity index is 611. The van der Waals surface area contributed by atoms with E-state index in [0.29, 0.717) is 0 Å². The standard InChI is InChI=1S/C15H15FN2O/c1-10-6-7-14(16)13(8-10)15(19)17-9-12-5-3-4-11(2)18-12/h3-8H,9H2,1-2H3,(H,17,19). The molecule has 2 aromatic rings. The van der Waals surface area contributed by atoms with Gasteiger partial charge in [-0.3, -0.25) is 9.78 Å². The molecule has 1 aromatic carbocycles. The lowest BCUT2D eigenvalue weighted by Crippen LogP contribution is -2.24. The average molecular weight is 258 g/mol. The number of nitrogens with zero attached hydrogens (tertiary/aromatic N) is 1. The minimum absolute atomic E-state index is 0.0626. The molecule has 0 saturated carbocycles. The summed E-state index contributed by atoms with van der Waals surface area (Å²) in [7, 11) is 0. The molecular formula is C15H15FN2O. The van der Waals surface area contributed by atoms with E-state index < -0.39 is 11.7 Å². The summed E-state index contributed by atoms with van der Waals surface area (Å²) < 4.78 is 13.5. The van der Waals surface area contributed by atoms with Gasteiger partial charge in [0.05, 0.1) is 17.8 Å². The first kappa shape index (κ1) is 13.2. The molecule has 1 N–H and O–H groups in total. The van der Waals surface area contributed by atoms with E-state index in [-0.39, 0.29) is 12.1 Å². The van der Waals surface area contributed by atoms with Crippen LogP contribution in [0.4, 0.5) is 4.39 Å². The zero-order valence-corrected chi connectivity index (χ0v) is 10.9. The van der Waals surface area contributed by atoms with Crippen molar-refractivity contribution in [2.75, 3.05) is 0 Å². The Morgan fingerprint density at radius 2 is 2.05 bits per heavy atom. The lowest BCUT2D eigenvalue weighted by molar-refractivity contribution is 0.0946. The first-order valence-corrected chi connectivity index (χ1v) is 6.03. The second-order valence-corrected chi connectivity index (χ2v) is 4.44. The minimum atomic E-state index is -0.514. The molecule has 4 heteroatoms. The van der Waals surface area contributed by atoms with Crippen molar-refractivity contribution in [3.8, 4) is 0 Å². The van der Waals surface area contributed by atoms with Crippen molar-refractivity contribution in [1.29, 1.82) is 0 Å². The highest BCUT2D eigenvalue weighted by Gasteiger charge is 2.11. The van der Waals surface area contributed by atoms with Crippen molar-refractivity contribution in [3.05, 3.63) is 64.7 Å². The van der Waals surface area contributed by atoms with Gasteiger partial charge in [-0.25, -0.2) is 4.39 Å². The number of pyridine rings is 1. The molecule has 1 amide bonds. The van der Waals surface area contributed by atoms with Crippen molar-refractivity contribution in [2.45, 2.75) is 20.4 Å². The number of aromatic nitrogens is 1. The van der Waals surface area contributed by atoms with Crippen LogP contribution in [-0.4, -0.2) is 10.9 Å². The van der Waals surface area contributed by atoms with Gasteiger partial charge in [-0.1, -0.05) is 17.7 Å². The van der Waals surface area contributed by atoms with Crippen LogP contribution in [0.25, 0.3) is 0 Å². The second kappa shape index (κ2) is 5.61. The summed E-state index contributed by atoms with van der Waals surface area (Å²) in [5, 5.41) is 2.67. The van der Waals surface area contributed by atoms with Crippen LogP contribution >= 0.6 is 0 Å². The zero-order valence-electron chi connectivity index (χ0n) is 10.9. The number of nitrogens with one attached hydrogen (secondary N) is 1. The number of hydrogen-bond acceptors (Lipinski definition) is 2. The Morgan fingerprint density at radius 1 is 1.26 bits per heavy atom. The van der Waals surface area contributed by atoms with E-state index in [9.17, 15) is 9.18 Å². The summed E-state index contributed by atoms with van der Waals surface area (Å²) >= 11 is 0. The van der Waals surface area contributed by atoms with Crippen molar-refractivity contribution < 1.29 is 9.18 Å². The third-order valence-corrected chi connectivity index (χ3v) is 2.74. The highest BCUT2D eigenvalue weighted by atomic mass is 19.1. The lowest BCUT2D eigenvalue weighted by Gasteiger charge is -2.07. The molecule has 0 spiro atoms. The van der Waals surface area contributed by atoms with E-state index in [2.05, 4.69) is 10.3 Å². The van der Waals surface area contributed by atoms with E-state index in [1.165, 1.54) is 12.1 Å². The number of rotatable bonds is 3. The minimum Gasteiger partial charge on any atom is -0.346 e. The fourth-order valence-electron chi connectivity index (χ4n) is 1.78. The van der Waals surface area contributed by atoms with Gasteiger partial charge in [-0.2, -0.15) is 0 Å². The van der Waals surface area contributed by atoms with E-state index in [1.807, 2.05) is 32.0 Å². The Morgan fingerprint density at radius 3 is 2.79 bits per heavy atom. The molecule has 98 valence electrons. The average Bonchev–Trinajstić information content (AvgIpc) is 2.39. The van der Waals surface area contributed by atoms with Gasteiger partial charge >= 0.3 is 0 Å². The van der Waals surface area contributed by atoms with E-state index >= 15 is 0 Å². The Hall–Kier alpha value is -2.23. The maximum absolute atomic E-state index is 13.5. The Balaban J connectivity index is 2.07. The predicted octanol–water partition coefficient (Wildman–Crippen LogP) is 2.77. The molecule has 0 aliphatic heterocycles. The van der Waals surface area contributed by atoms with Crippen LogP contribution in [0, 0.1) is 19.7 Å². The fraction of sp³-hybridized carbons (Fsp3) is 0.200. The normalized spacial score (nSPS) is 10.3. The fourth-order valence-corrected chi connectivity index (χ4v) is 1.78. The quantitative estimate of drug-likeness (QED) is 0.919.